The fourth-order valence-electron chi connectivity index (χ4n) is 2.46. The number of nitrogens with zero attached hydrogens (tertiary/aromatic N) is 1. The first-order valence-corrected chi connectivity index (χ1v) is 5.77. The van der Waals surface area contributed by atoms with Gasteiger partial charge in [0.2, 0.25) is 0 Å². The fraction of sp³-hybridized carbons (Fsp3) is 0.909. The second-order valence-electron chi connectivity index (χ2n) is 4.51. The number of Topliss-reactive ketones (excluding diaryl/α,β-unsaturated/α-hetero) is 1. The smallest absolute Gasteiger partial charge is 0.134 e. The van der Waals surface area contributed by atoms with Crippen LogP contribution in [0.15, 0.2) is 0 Å². The third-order valence-corrected chi connectivity index (χ3v) is 3.25. The summed E-state index contributed by atoms with van der Waals surface area (Å²) >= 11 is 0. The van der Waals surface area contributed by atoms with Crippen LogP contribution in [0.4, 0.5) is 0 Å². The third-order valence-electron chi connectivity index (χ3n) is 3.25. The zero-order valence-corrected chi connectivity index (χ0v) is 9.02. The third kappa shape index (κ3) is 3.00. The molecule has 2 rings (SSSR count). The highest BCUT2D eigenvalue weighted by atomic mass is 16.5. The van der Waals surface area contributed by atoms with Crippen LogP contribution in [0.2, 0.25) is 0 Å². The van der Waals surface area contributed by atoms with Crippen molar-refractivity contribution in [3.8, 4) is 0 Å². The van der Waals surface area contributed by atoms with Crippen LogP contribution in [0.3, 0.4) is 0 Å². The van der Waals surface area contributed by atoms with Gasteiger partial charge in [0.25, 0.3) is 0 Å². The normalized spacial score (nSPS) is 35.1. The summed E-state index contributed by atoms with van der Waals surface area (Å²) in [5.41, 5.74) is 0. The summed E-state index contributed by atoms with van der Waals surface area (Å²) in [7, 11) is 0. The van der Waals surface area contributed by atoms with Crippen LogP contribution in [0.1, 0.15) is 25.7 Å². The van der Waals surface area contributed by atoms with Crippen molar-refractivity contribution in [1.82, 2.24) is 4.90 Å². The molecule has 1 aliphatic carbocycles. The molecule has 86 valence electrons. The van der Waals surface area contributed by atoms with Gasteiger partial charge in [0.15, 0.2) is 0 Å². The average Bonchev–Trinajstić information content (AvgIpc) is 2.43. The van der Waals surface area contributed by atoms with Gasteiger partial charge >= 0.3 is 0 Å². The van der Waals surface area contributed by atoms with Gasteiger partial charge in [0, 0.05) is 32.0 Å². The van der Waals surface area contributed by atoms with Crippen molar-refractivity contribution in [3.63, 3.8) is 0 Å². The summed E-state index contributed by atoms with van der Waals surface area (Å²) in [6.45, 7) is 2.59. The molecule has 2 fully saturated rings. The number of ether oxygens (including phenoxy) is 1. The minimum absolute atomic E-state index is 0.336. The van der Waals surface area contributed by atoms with E-state index in [4.69, 9.17) is 4.74 Å². The Bertz CT molecular complexity index is 232. The molecule has 2 aliphatic rings. The van der Waals surface area contributed by atoms with E-state index in [1.807, 2.05) is 0 Å². The molecule has 0 aromatic heterocycles. The van der Waals surface area contributed by atoms with E-state index in [0.29, 0.717) is 38.0 Å². The molecule has 2 atom stereocenters. The van der Waals surface area contributed by atoms with Gasteiger partial charge in [-0.25, -0.2) is 0 Å². The van der Waals surface area contributed by atoms with E-state index < -0.39 is 6.10 Å². The van der Waals surface area contributed by atoms with Crippen molar-refractivity contribution in [2.45, 2.75) is 37.8 Å². The molecule has 4 heteroatoms. The quantitative estimate of drug-likeness (QED) is 0.675. The molecule has 0 aromatic rings. The van der Waals surface area contributed by atoms with Crippen LogP contribution in [-0.2, 0) is 9.53 Å². The highest BCUT2D eigenvalue weighted by Crippen LogP contribution is 2.21. The Kier molecular flexibility index (Phi) is 3.72. The largest absolute Gasteiger partial charge is 0.389 e. The SMILES string of the molecule is O=C1CCCC(N2CCOCC(O)C2)C1. The molecule has 0 spiro atoms. The minimum Gasteiger partial charge on any atom is -0.389 e. The average molecular weight is 213 g/mol. The molecule has 0 aromatic carbocycles. The van der Waals surface area contributed by atoms with E-state index >= 15 is 0 Å². The molecule has 2 unspecified atom stereocenters. The zero-order valence-electron chi connectivity index (χ0n) is 9.02. The zero-order chi connectivity index (χ0) is 10.7. The molecular formula is C11H19NO3. The van der Waals surface area contributed by atoms with E-state index in [0.717, 1.165) is 25.8 Å². The first kappa shape index (κ1) is 11.0. The van der Waals surface area contributed by atoms with Crippen molar-refractivity contribution in [2.75, 3.05) is 26.3 Å². The summed E-state index contributed by atoms with van der Waals surface area (Å²) in [5.74, 6) is 0.367. The van der Waals surface area contributed by atoms with Crippen LogP contribution in [0.25, 0.3) is 0 Å². The number of rotatable bonds is 1. The summed E-state index contributed by atoms with van der Waals surface area (Å²) in [4.78, 5) is 13.6. The van der Waals surface area contributed by atoms with Crippen molar-refractivity contribution in [3.05, 3.63) is 0 Å². The van der Waals surface area contributed by atoms with Gasteiger partial charge < -0.3 is 9.84 Å². The Hall–Kier alpha value is -0.450. The Balaban J connectivity index is 1.92. The number of hydrogen-bond acceptors (Lipinski definition) is 4. The van der Waals surface area contributed by atoms with E-state index in [1.165, 1.54) is 0 Å². The van der Waals surface area contributed by atoms with Crippen LogP contribution in [0.5, 0.6) is 0 Å². The summed E-state index contributed by atoms with van der Waals surface area (Å²) in [5, 5.41) is 9.60. The van der Waals surface area contributed by atoms with Gasteiger partial charge in [-0.15, -0.1) is 0 Å². The van der Waals surface area contributed by atoms with E-state index in [9.17, 15) is 9.90 Å². The van der Waals surface area contributed by atoms with Gasteiger partial charge in [-0.1, -0.05) is 0 Å². The number of β-amino-alcohol motifs (C(OH)–C–C–N with tert-alkyl or cyclic N) is 1. The minimum atomic E-state index is -0.399. The lowest BCUT2D eigenvalue weighted by molar-refractivity contribution is -0.122. The molecule has 0 amide bonds. The maximum atomic E-state index is 11.4. The molecule has 4 nitrogen and oxygen atoms in total. The molecule has 0 radical (unpaired) electrons. The maximum absolute atomic E-state index is 11.4. The number of aliphatic hydroxyl groups excluding tert-OH is 1. The van der Waals surface area contributed by atoms with E-state index in [1.54, 1.807) is 0 Å². The van der Waals surface area contributed by atoms with Gasteiger partial charge in [-0.3, -0.25) is 9.69 Å². The monoisotopic (exact) mass is 213 g/mol. The van der Waals surface area contributed by atoms with Gasteiger partial charge in [0.05, 0.1) is 19.3 Å². The second kappa shape index (κ2) is 5.05. The van der Waals surface area contributed by atoms with E-state index in [-0.39, 0.29) is 0 Å². The molecule has 1 heterocycles. The number of carbonyl (C=O) groups is 1. The highest BCUT2D eigenvalue weighted by Gasteiger charge is 2.27. The molecule has 1 N–H and O–H groups in total. The second-order valence-corrected chi connectivity index (χ2v) is 4.51. The van der Waals surface area contributed by atoms with Gasteiger partial charge in [-0.2, -0.15) is 0 Å². The van der Waals surface area contributed by atoms with Gasteiger partial charge in [-0.05, 0) is 12.8 Å². The Morgan fingerprint density at radius 2 is 2.33 bits per heavy atom. The summed E-state index contributed by atoms with van der Waals surface area (Å²) in [6, 6.07) is 0.336. The van der Waals surface area contributed by atoms with Crippen molar-refractivity contribution < 1.29 is 14.6 Å². The number of carbonyl (C=O) groups excluding carboxylic acids is 1. The predicted octanol–water partition coefficient (Wildman–Crippen LogP) is 0.191. The van der Waals surface area contributed by atoms with Crippen LogP contribution in [-0.4, -0.2) is 54.2 Å². The van der Waals surface area contributed by atoms with Crippen LogP contribution >= 0.6 is 0 Å². The number of hydrogen-bond donors (Lipinski definition) is 1. The van der Waals surface area contributed by atoms with Crippen molar-refractivity contribution in [1.29, 1.82) is 0 Å². The van der Waals surface area contributed by atoms with Crippen molar-refractivity contribution >= 4 is 5.78 Å². The first-order chi connectivity index (χ1) is 7.25. The Morgan fingerprint density at radius 3 is 3.13 bits per heavy atom. The standard InChI is InChI=1S/C11H19NO3/c13-10-3-1-2-9(6-10)12-4-5-15-8-11(14)7-12/h9,11,14H,1-8H2. The topological polar surface area (TPSA) is 49.8 Å². The van der Waals surface area contributed by atoms with E-state index in [2.05, 4.69) is 4.90 Å². The lowest BCUT2D eigenvalue weighted by Crippen LogP contribution is -2.43. The molecule has 1 aliphatic heterocycles. The Labute approximate surface area is 90.2 Å². The first-order valence-electron chi connectivity index (χ1n) is 5.77. The number of ketones is 1. The van der Waals surface area contributed by atoms with Gasteiger partial charge in [0.1, 0.15) is 5.78 Å². The summed E-state index contributed by atoms with van der Waals surface area (Å²) in [6.07, 6.45) is 3.08. The predicted molar refractivity (Wildman–Crippen MR) is 55.7 cm³/mol. The molecule has 1 saturated heterocycles. The fourth-order valence-corrected chi connectivity index (χ4v) is 2.46. The van der Waals surface area contributed by atoms with Crippen LogP contribution in [0, 0.1) is 0 Å². The van der Waals surface area contributed by atoms with Crippen LogP contribution < -0.4 is 0 Å². The molecule has 0 bridgehead atoms. The Morgan fingerprint density at radius 1 is 1.47 bits per heavy atom. The summed E-state index contributed by atoms with van der Waals surface area (Å²) < 4.78 is 5.28. The lowest BCUT2D eigenvalue weighted by atomic mass is 9.93. The number of aliphatic hydroxyl groups is 1. The highest BCUT2D eigenvalue weighted by molar-refractivity contribution is 5.79. The molecular weight excluding hydrogens is 194 g/mol. The van der Waals surface area contributed by atoms with Crippen molar-refractivity contribution in [2.24, 2.45) is 0 Å². The lowest BCUT2D eigenvalue weighted by Gasteiger charge is -2.33. The maximum Gasteiger partial charge on any atom is 0.134 e. The molecule has 1 saturated carbocycles. The molecule has 15 heavy (non-hydrogen) atoms.